The van der Waals surface area contributed by atoms with E-state index in [-0.39, 0.29) is 12.5 Å². The van der Waals surface area contributed by atoms with Crippen LogP contribution in [0.5, 0.6) is 5.75 Å². The van der Waals surface area contributed by atoms with Gasteiger partial charge in [0.2, 0.25) is 0 Å². The molecule has 0 saturated carbocycles. The maximum absolute atomic E-state index is 12.4. The molecule has 0 spiro atoms. The summed E-state index contributed by atoms with van der Waals surface area (Å²) in [4.78, 5) is 25.4. The highest BCUT2D eigenvalue weighted by Gasteiger charge is 2.21. The first kappa shape index (κ1) is 16.5. The third-order valence-corrected chi connectivity index (χ3v) is 3.18. The molecule has 0 aliphatic heterocycles. The van der Waals surface area contributed by atoms with Crippen molar-refractivity contribution >= 4 is 27.8 Å². The topological polar surface area (TPSA) is 55.8 Å². The Kier molecular flexibility index (Phi) is 6.51. The Labute approximate surface area is 127 Å². The van der Waals surface area contributed by atoms with Gasteiger partial charge in [0.15, 0.2) is 0 Å². The van der Waals surface area contributed by atoms with Crippen molar-refractivity contribution in [3.05, 3.63) is 28.2 Å². The molecule has 6 heteroatoms. The smallest absolute Gasteiger partial charge is 0.325 e. The van der Waals surface area contributed by atoms with Gasteiger partial charge in [0.25, 0.3) is 5.91 Å². The molecule has 0 aliphatic carbocycles. The molecule has 0 unspecified atom stereocenters. The number of methoxy groups -OCH3 is 1. The Hall–Kier alpha value is -1.56. The Morgan fingerprint density at radius 2 is 2.00 bits per heavy atom. The Morgan fingerprint density at radius 1 is 1.30 bits per heavy atom. The molecule has 1 rings (SSSR count). The first-order chi connectivity index (χ1) is 9.53. The van der Waals surface area contributed by atoms with Crippen LogP contribution in [-0.4, -0.2) is 43.6 Å². The fourth-order valence-corrected chi connectivity index (χ4v) is 2.04. The van der Waals surface area contributed by atoms with Gasteiger partial charge in [-0.2, -0.15) is 0 Å². The zero-order valence-corrected chi connectivity index (χ0v) is 13.4. The number of nitrogens with zero attached hydrogens (tertiary/aromatic N) is 1. The summed E-state index contributed by atoms with van der Waals surface area (Å²) in [5, 5.41) is 0. The molecule has 0 N–H and O–H groups in total. The van der Waals surface area contributed by atoms with Crippen LogP contribution in [0.15, 0.2) is 22.7 Å². The van der Waals surface area contributed by atoms with Gasteiger partial charge >= 0.3 is 5.97 Å². The predicted octanol–water partition coefficient (Wildman–Crippen LogP) is 2.48. The number of carbonyl (C=O) groups is 2. The zero-order valence-electron chi connectivity index (χ0n) is 11.8. The summed E-state index contributed by atoms with van der Waals surface area (Å²) in [5.41, 5.74) is 0.418. The lowest BCUT2D eigenvalue weighted by Gasteiger charge is -2.21. The Bertz CT molecular complexity index is 490. The maximum atomic E-state index is 12.4. The lowest BCUT2D eigenvalue weighted by molar-refractivity contribution is -0.143. The first-order valence-electron chi connectivity index (χ1n) is 6.31. The van der Waals surface area contributed by atoms with Gasteiger partial charge in [-0.05, 0) is 32.0 Å². The molecular formula is C14H18BrNO4. The molecule has 1 aromatic rings. The molecular weight excluding hydrogens is 326 g/mol. The molecule has 0 saturated heterocycles. The van der Waals surface area contributed by atoms with Crippen molar-refractivity contribution in [3.63, 3.8) is 0 Å². The van der Waals surface area contributed by atoms with Crippen molar-refractivity contribution < 1.29 is 19.1 Å². The van der Waals surface area contributed by atoms with Crippen molar-refractivity contribution in [2.75, 3.05) is 26.8 Å². The minimum atomic E-state index is -0.418. The number of amides is 1. The highest BCUT2D eigenvalue weighted by atomic mass is 79.9. The number of halogens is 1. The summed E-state index contributed by atoms with van der Waals surface area (Å²) in [6.07, 6.45) is 0. The van der Waals surface area contributed by atoms with Gasteiger partial charge in [-0.1, -0.05) is 15.9 Å². The summed E-state index contributed by atoms with van der Waals surface area (Å²) < 4.78 is 10.9. The van der Waals surface area contributed by atoms with Gasteiger partial charge < -0.3 is 14.4 Å². The number of carbonyl (C=O) groups excluding carboxylic acids is 2. The van der Waals surface area contributed by atoms with E-state index in [0.717, 1.165) is 4.47 Å². The Balaban J connectivity index is 2.93. The van der Waals surface area contributed by atoms with E-state index in [1.165, 1.54) is 12.0 Å². The largest absolute Gasteiger partial charge is 0.496 e. The summed E-state index contributed by atoms with van der Waals surface area (Å²) in [6, 6.07) is 5.14. The van der Waals surface area contributed by atoms with Crippen molar-refractivity contribution in [2.24, 2.45) is 0 Å². The van der Waals surface area contributed by atoms with Gasteiger partial charge in [0.05, 0.1) is 19.3 Å². The van der Waals surface area contributed by atoms with Crippen LogP contribution in [0.2, 0.25) is 0 Å². The van der Waals surface area contributed by atoms with Crippen LogP contribution in [0.1, 0.15) is 24.2 Å². The van der Waals surface area contributed by atoms with Crippen molar-refractivity contribution in [1.29, 1.82) is 0 Å². The highest BCUT2D eigenvalue weighted by Crippen LogP contribution is 2.24. The fraction of sp³-hybridized carbons (Fsp3) is 0.429. The van der Waals surface area contributed by atoms with E-state index in [1.807, 2.05) is 6.92 Å². The average Bonchev–Trinajstić information content (AvgIpc) is 2.44. The molecule has 0 aliphatic rings. The number of likely N-dealkylation sites (N-methyl/N-ethyl adjacent to an activating group) is 1. The fourth-order valence-electron chi connectivity index (χ4n) is 1.70. The third kappa shape index (κ3) is 4.23. The summed E-state index contributed by atoms with van der Waals surface area (Å²) in [5.74, 6) is -0.213. The average molecular weight is 344 g/mol. The summed E-state index contributed by atoms with van der Waals surface area (Å²) in [7, 11) is 1.50. The van der Waals surface area contributed by atoms with E-state index in [0.29, 0.717) is 24.5 Å². The molecule has 1 amide bonds. The maximum Gasteiger partial charge on any atom is 0.325 e. The molecule has 0 atom stereocenters. The third-order valence-electron chi connectivity index (χ3n) is 2.69. The zero-order chi connectivity index (χ0) is 15.1. The second-order valence-corrected chi connectivity index (χ2v) is 4.88. The number of esters is 1. The SMILES string of the molecule is CCOC(=O)CN(CC)C(=O)c1ccc(Br)cc1OC. The van der Waals surface area contributed by atoms with E-state index in [9.17, 15) is 9.59 Å². The van der Waals surface area contributed by atoms with E-state index in [2.05, 4.69) is 15.9 Å². The minimum absolute atomic E-state index is 0.0671. The predicted molar refractivity (Wildman–Crippen MR) is 78.9 cm³/mol. The van der Waals surface area contributed by atoms with Crippen LogP contribution in [0.4, 0.5) is 0 Å². The van der Waals surface area contributed by atoms with Crippen LogP contribution in [0.3, 0.4) is 0 Å². The number of rotatable bonds is 6. The monoisotopic (exact) mass is 343 g/mol. The van der Waals surface area contributed by atoms with E-state index in [4.69, 9.17) is 9.47 Å². The summed E-state index contributed by atoms with van der Waals surface area (Å²) in [6.45, 7) is 4.18. The van der Waals surface area contributed by atoms with Crippen LogP contribution in [0, 0.1) is 0 Å². The molecule has 0 bridgehead atoms. The van der Waals surface area contributed by atoms with Crippen LogP contribution < -0.4 is 4.74 Å². The number of hydrogen-bond acceptors (Lipinski definition) is 4. The van der Waals surface area contributed by atoms with Crippen LogP contribution >= 0.6 is 15.9 Å². The molecule has 1 aromatic carbocycles. The molecule has 0 radical (unpaired) electrons. The van der Waals surface area contributed by atoms with E-state index >= 15 is 0 Å². The normalized spacial score (nSPS) is 10.0. The molecule has 110 valence electrons. The first-order valence-corrected chi connectivity index (χ1v) is 7.11. The van der Waals surface area contributed by atoms with E-state index in [1.54, 1.807) is 25.1 Å². The second kappa shape index (κ2) is 7.89. The lowest BCUT2D eigenvalue weighted by atomic mass is 10.1. The number of ether oxygens (including phenoxy) is 2. The lowest BCUT2D eigenvalue weighted by Crippen LogP contribution is -2.36. The van der Waals surface area contributed by atoms with E-state index < -0.39 is 5.97 Å². The number of hydrogen-bond donors (Lipinski definition) is 0. The van der Waals surface area contributed by atoms with Gasteiger partial charge in [0, 0.05) is 11.0 Å². The van der Waals surface area contributed by atoms with Gasteiger partial charge in [0.1, 0.15) is 12.3 Å². The van der Waals surface area contributed by atoms with Gasteiger partial charge in [-0.25, -0.2) is 0 Å². The standard InChI is InChI=1S/C14H18BrNO4/c1-4-16(9-13(17)20-5-2)14(18)11-7-6-10(15)8-12(11)19-3/h6-8H,4-5,9H2,1-3H3. The summed E-state index contributed by atoms with van der Waals surface area (Å²) >= 11 is 3.32. The van der Waals surface area contributed by atoms with Crippen LogP contribution in [-0.2, 0) is 9.53 Å². The van der Waals surface area contributed by atoms with Gasteiger partial charge in [-0.15, -0.1) is 0 Å². The number of benzene rings is 1. The molecule has 0 aromatic heterocycles. The quantitative estimate of drug-likeness (QED) is 0.744. The molecule has 20 heavy (non-hydrogen) atoms. The van der Waals surface area contributed by atoms with Crippen molar-refractivity contribution in [1.82, 2.24) is 4.90 Å². The second-order valence-electron chi connectivity index (χ2n) is 3.97. The van der Waals surface area contributed by atoms with Crippen molar-refractivity contribution in [2.45, 2.75) is 13.8 Å². The minimum Gasteiger partial charge on any atom is -0.496 e. The van der Waals surface area contributed by atoms with Crippen molar-refractivity contribution in [3.8, 4) is 5.75 Å². The highest BCUT2D eigenvalue weighted by molar-refractivity contribution is 9.10. The van der Waals surface area contributed by atoms with Crippen LogP contribution in [0.25, 0.3) is 0 Å². The molecule has 0 heterocycles. The van der Waals surface area contributed by atoms with Gasteiger partial charge in [-0.3, -0.25) is 9.59 Å². The Morgan fingerprint density at radius 3 is 2.55 bits per heavy atom. The molecule has 5 nitrogen and oxygen atoms in total. The molecule has 0 fully saturated rings.